The van der Waals surface area contributed by atoms with Gasteiger partial charge < -0.3 is 9.80 Å². The lowest BCUT2D eigenvalue weighted by atomic mass is 10.2. The molecule has 1 aliphatic heterocycles. The Hall–Kier alpha value is -2.35. The van der Waals surface area contributed by atoms with E-state index in [0.29, 0.717) is 29.1 Å². The van der Waals surface area contributed by atoms with Crippen molar-refractivity contribution in [3.8, 4) is 0 Å². The smallest absolute Gasteiger partial charge is 0.368 e. The van der Waals surface area contributed by atoms with Gasteiger partial charge in [0.25, 0.3) is 0 Å². The van der Waals surface area contributed by atoms with Crippen LogP contribution in [0.5, 0.6) is 0 Å². The topological polar surface area (TPSA) is 32.3 Å². The molecule has 0 radical (unpaired) electrons. The summed E-state index contributed by atoms with van der Waals surface area (Å²) < 4.78 is 40.0. The molecule has 0 unspecified atom stereocenters. The van der Waals surface area contributed by atoms with Crippen molar-refractivity contribution in [2.24, 2.45) is 0 Å². The Labute approximate surface area is 146 Å². The third kappa shape index (κ3) is 3.13. The molecule has 0 bridgehead atoms. The molecule has 0 spiro atoms. The van der Waals surface area contributed by atoms with Crippen molar-refractivity contribution < 1.29 is 13.2 Å². The number of anilines is 2. The average Bonchev–Trinajstić information content (AvgIpc) is 3.10. The van der Waals surface area contributed by atoms with E-state index in [2.05, 4.69) is 14.9 Å². The van der Waals surface area contributed by atoms with Crippen LogP contribution in [0.4, 0.5) is 24.7 Å². The summed E-state index contributed by atoms with van der Waals surface area (Å²) in [6.45, 7) is 2.72. The third-order valence-corrected chi connectivity index (χ3v) is 5.14. The first kappa shape index (κ1) is 16.1. The largest absolute Gasteiger partial charge is 0.451 e. The van der Waals surface area contributed by atoms with Crippen LogP contribution in [0.25, 0.3) is 10.2 Å². The number of nitrogens with zero attached hydrogens (tertiary/aromatic N) is 4. The van der Waals surface area contributed by atoms with Crippen LogP contribution in [0, 0.1) is 0 Å². The van der Waals surface area contributed by atoms with Gasteiger partial charge in [-0.25, -0.2) is 9.97 Å². The van der Waals surface area contributed by atoms with Crippen molar-refractivity contribution in [1.82, 2.24) is 9.97 Å². The molecule has 0 amide bonds. The fourth-order valence-electron chi connectivity index (χ4n) is 3.00. The fraction of sp³-hybridized carbons (Fsp3) is 0.294. The number of hydrogen-bond donors (Lipinski definition) is 0. The minimum absolute atomic E-state index is 0.354. The number of alkyl halides is 3. The molecule has 0 atom stereocenters. The van der Waals surface area contributed by atoms with Gasteiger partial charge in [-0.15, -0.1) is 11.3 Å². The number of aromatic nitrogens is 2. The number of benzene rings is 1. The molecular weight excluding hydrogens is 349 g/mol. The molecule has 8 heteroatoms. The number of fused-ring (bicyclic) bond motifs is 1. The number of rotatable bonds is 2. The summed E-state index contributed by atoms with van der Waals surface area (Å²) in [4.78, 5) is 11.7. The van der Waals surface area contributed by atoms with Gasteiger partial charge in [-0.1, -0.05) is 18.2 Å². The van der Waals surface area contributed by atoms with E-state index < -0.39 is 12.0 Å². The first-order valence-corrected chi connectivity index (χ1v) is 8.78. The Morgan fingerprint density at radius 3 is 2.24 bits per heavy atom. The molecule has 1 fully saturated rings. The van der Waals surface area contributed by atoms with E-state index in [1.807, 2.05) is 35.2 Å². The summed E-state index contributed by atoms with van der Waals surface area (Å²) in [6.07, 6.45) is -4.54. The molecule has 0 saturated carbocycles. The highest BCUT2D eigenvalue weighted by Crippen LogP contribution is 2.34. The van der Waals surface area contributed by atoms with E-state index in [1.165, 1.54) is 11.3 Å². The lowest BCUT2D eigenvalue weighted by Crippen LogP contribution is -2.47. The molecule has 1 aromatic carbocycles. The average molecular weight is 364 g/mol. The number of hydrogen-bond acceptors (Lipinski definition) is 5. The Morgan fingerprint density at radius 1 is 0.880 bits per heavy atom. The summed E-state index contributed by atoms with van der Waals surface area (Å²) in [5, 5.41) is 1.75. The second kappa shape index (κ2) is 6.18. The maximum atomic E-state index is 13.1. The molecule has 4 nitrogen and oxygen atoms in total. The van der Waals surface area contributed by atoms with E-state index in [1.54, 1.807) is 11.4 Å². The SMILES string of the molecule is FC(F)(F)c1nc(N2CCN(c3ccccc3)CC2)c2sccc2n1. The molecule has 130 valence electrons. The lowest BCUT2D eigenvalue weighted by Gasteiger charge is -2.37. The van der Waals surface area contributed by atoms with Crippen molar-refractivity contribution in [3.05, 3.63) is 47.6 Å². The standard InChI is InChI=1S/C17H15F3N4S/c18-17(19,20)16-21-13-6-11-25-14(13)15(22-16)24-9-7-23(8-10-24)12-4-2-1-3-5-12/h1-6,11H,7-10H2. The van der Waals surface area contributed by atoms with Crippen molar-refractivity contribution in [2.45, 2.75) is 6.18 Å². The van der Waals surface area contributed by atoms with Gasteiger partial charge in [-0.05, 0) is 23.6 Å². The molecule has 3 heterocycles. The van der Waals surface area contributed by atoms with Gasteiger partial charge in [0.1, 0.15) is 0 Å². The normalized spacial score (nSPS) is 15.8. The van der Waals surface area contributed by atoms with E-state index in [0.717, 1.165) is 18.8 Å². The molecule has 1 aliphatic rings. The zero-order valence-corrected chi connectivity index (χ0v) is 14.0. The van der Waals surface area contributed by atoms with Gasteiger partial charge in [0.15, 0.2) is 5.82 Å². The molecule has 3 aromatic rings. The second-order valence-electron chi connectivity index (χ2n) is 5.81. The van der Waals surface area contributed by atoms with Crippen LogP contribution in [0.3, 0.4) is 0 Å². The number of thiophene rings is 1. The highest BCUT2D eigenvalue weighted by atomic mass is 32.1. The van der Waals surface area contributed by atoms with Gasteiger partial charge in [-0.2, -0.15) is 13.2 Å². The molecule has 0 N–H and O–H groups in total. The molecular formula is C17H15F3N4S. The highest BCUT2D eigenvalue weighted by molar-refractivity contribution is 7.17. The minimum atomic E-state index is -4.54. The second-order valence-corrected chi connectivity index (χ2v) is 6.73. The third-order valence-electron chi connectivity index (χ3n) is 4.24. The predicted molar refractivity (Wildman–Crippen MR) is 93.3 cm³/mol. The number of halogens is 3. The fourth-order valence-corrected chi connectivity index (χ4v) is 3.85. The predicted octanol–water partition coefficient (Wildman–Crippen LogP) is 4.04. The summed E-state index contributed by atoms with van der Waals surface area (Å²) >= 11 is 1.38. The van der Waals surface area contributed by atoms with E-state index in [-0.39, 0.29) is 0 Å². The van der Waals surface area contributed by atoms with Crippen LogP contribution >= 0.6 is 11.3 Å². The van der Waals surface area contributed by atoms with Crippen LogP contribution in [0.15, 0.2) is 41.8 Å². The van der Waals surface area contributed by atoms with Gasteiger partial charge in [0, 0.05) is 31.9 Å². The highest BCUT2D eigenvalue weighted by Gasteiger charge is 2.36. The zero-order valence-electron chi connectivity index (χ0n) is 13.2. The van der Waals surface area contributed by atoms with Gasteiger partial charge in [0.05, 0.1) is 10.2 Å². The summed E-state index contributed by atoms with van der Waals surface area (Å²) in [7, 11) is 0. The Kier molecular flexibility index (Phi) is 3.99. The Bertz CT molecular complexity index is 870. The number of piperazine rings is 1. The summed E-state index contributed by atoms with van der Waals surface area (Å²) in [5.74, 6) is -0.682. The molecule has 1 saturated heterocycles. The monoisotopic (exact) mass is 364 g/mol. The van der Waals surface area contributed by atoms with Gasteiger partial charge >= 0.3 is 6.18 Å². The van der Waals surface area contributed by atoms with Crippen molar-refractivity contribution in [3.63, 3.8) is 0 Å². The number of para-hydroxylation sites is 1. The van der Waals surface area contributed by atoms with E-state index in [4.69, 9.17) is 0 Å². The maximum Gasteiger partial charge on any atom is 0.451 e. The van der Waals surface area contributed by atoms with Crippen LogP contribution in [-0.4, -0.2) is 36.1 Å². The van der Waals surface area contributed by atoms with Gasteiger partial charge in [0.2, 0.25) is 5.82 Å². The van der Waals surface area contributed by atoms with E-state index >= 15 is 0 Å². The van der Waals surface area contributed by atoms with Crippen LogP contribution in [0.1, 0.15) is 5.82 Å². The summed E-state index contributed by atoms with van der Waals surface area (Å²) in [6, 6.07) is 11.6. The summed E-state index contributed by atoms with van der Waals surface area (Å²) in [5.41, 5.74) is 1.48. The molecule has 4 rings (SSSR count). The van der Waals surface area contributed by atoms with Crippen molar-refractivity contribution >= 4 is 33.1 Å². The van der Waals surface area contributed by atoms with Crippen LogP contribution in [-0.2, 0) is 6.18 Å². The lowest BCUT2D eigenvalue weighted by molar-refractivity contribution is -0.144. The minimum Gasteiger partial charge on any atom is -0.368 e. The first-order valence-electron chi connectivity index (χ1n) is 7.90. The molecule has 25 heavy (non-hydrogen) atoms. The Morgan fingerprint density at radius 2 is 1.56 bits per heavy atom. The Balaban J connectivity index is 1.61. The van der Waals surface area contributed by atoms with Crippen LogP contribution < -0.4 is 9.80 Å². The van der Waals surface area contributed by atoms with Crippen molar-refractivity contribution in [2.75, 3.05) is 36.0 Å². The molecule has 2 aromatic heterocycles. The quantitative estimate of drug-likeness (QED) is 0.687. The zero-order chi connectivity index (χ0) is 17.4. The van der Waals surface area contributed by atoms with Gasteiger partial charge in [-0.3, -0.25) is 0 Å². The molecule has 0 aliphatic carbocycles. The van der Waals surface area contributed by atoms with E-state index in [9.17, 15) is 13.2 Å². The first-order chi connectivity index (χ1) is 12.0. The van der Waals surface area contributed by atoms with Crippen molar-refractivity contribution in [1.29, 1.82) is 0 Å². The maximum absolute atomic E-state index is 13.1. The van der Waals surface area contributed by atoms with Crippen LogP contribution in [0.2, 0.25) is 0 Å².